The lowest BCUT2D eigenvalue weighted by molar-refractivity contribution is -0.124. The largest absolute Gasteiger partial charge is 0.493 e. The number of fused-ring (bicyclic) bond motifs is 1. The lowest BCUT2D eigenvalue weighted by atomic mass is 10.1. The first-order chi connectivity index (χ1) is 16.5. The molecule has 0 fully saturated rings. The topological polar surface area (TPSA) is 89.8 Å². The highest BCUT2D eigenvalue weighted by atomic mass is 16.5. The number of aliphatic imine (C=N–C) groups is 1. The monoisotopic (exact) mass is 463 g/mol. The number of anilines is 1. The molecule has 2 N–H and O–H groups in total. The maximum atomic E-state index is 13.0. The summed E-state index contributed by atoms with van der Waals surface area (Å²) in [4.78, 5) is 19.8. The van der Waals surface area contributed by atoms with Gasteiger partial charge < -0.3 is 20.1 Å². The van der Waals surface area contributed by atoms with E-state index in [0.717, 1.165) is 35.5 Å². The number of aliphatic hydroxyl groups is 1. The molecule has 4 rings (SSSR count). The number of carbonyl (C=O) groups is 1. The van der Waals surface area contributed by atoms with Crippen molar-refractivity contribution in [3.05, 3.63) is 59.7 Å². The Morgan fingerprint density at radius 2 is 1.97 bits per heavy atom. The van der Waals surface area contributed by atoms with Crippen LogP contribution in [0.15, 0.2) is 58.6 Å². The molecule has 0 saturated heterocycles. The summed E-state index contributed by atoms with van der Waals surface area (Å²) in [5, 5.41) is 19.2. The number of amides is 1. The molecule has 0 saturated carbocycles. The molecule has 8 nitrogen and oxygen atoms in total. The second-order valence-electron chi connectivity index (χ2n) is 8.51. The SMILES string of the molecule is CCCC1=NC(C)C2C(=O)NC(c3cc(CN(CCO)c4ccccc4)ccc3OCC)=NN12. The van der Waals surface area contributed by atoms with Crippen molar-refractivity contribution >= 4 is 23.3 Å². The van der Waals surface area contributed by atoms with Gasteiger partial charge in [-0.25, -0.2) is 5.01 Å². The Labute approximate surface area is 200 Å². The number of aliphatic hydroxyl groups excluding tert-OH is 1. The summed E-state index contributed by atoms with van der Waals surface area (Å²) in [6.45, 7) is 7.63. The van der Waals surface area contributed by atoms with Gasteiger partial charge in [-0.3, -0.25) is 9.79 Å². The van der Waals surface area contributed by atoms with E-state index in [0.29, 0.717) is 31.3 Å². The first kappa shape index (κ1) is 23.8. The van der Waals surface area contributed by atoms with E-state index < -0.39 is 6.04 Å². The van der Waals surface area contributed by atoms with Crippen LogP contribution in [0.1, 0.15) is 44.7 Å². The van der Waals surface area contributed by atoms with Gasteiger partial charge in [-0.15, -0.1) is 0 Å². The Balaban J connectivity index is 1.69. The normalized spacial score (nSPS) is 19.3. The van der Waals surface area contributed by atoms with E-state index in [1.54, 1.807) is 5.01 Å². The van der Waals surface area contributed by atoms with E-state index in [4.69, 9.17) is 9.84 Å². The molecule has 2 aliphatic rings. The van der Waals surface area contributed by atoms with Gasteiger partial charge in [0.25, 0.3) is 5.91 Å². The van der Waals surface area contributed by atoms with Crippen molar-refractivity contribution < 1.29 is 14.6 Å². The van der Waals surface area contributed by atoms with Crippen molar-refractivity contribution in [1.82, 2.24) is 10.3 Å². The molecule has 2 atom stereocenters. The summed E-state index contributed by atoms with van der Waals surface area (Å²) in [6.07, 6.45) is 1.71. The van der Waals surface area contributed by atoms with E-state index in [9.17, 15) is 9.90 Å². The van der Waals surface area contributed by atoms with Crippen LogP contribution in [-0.4, -0.2) is 59.5 Å². The highest BCUT2D eigenvalue weighted by Gasteiger charge is 2.42. The van der Waals surface area contributed by atoms with Gasteiger partial charge in [0.1, 0.15) is 11.6 Å². The van der Waals surface area contributed by atoms with Crippen LogP contribution in [-0.2, 0) is 11.3 Å². The van der Waals surface area contributed by atoms with Crippen molar-refractivity contribution in [3.63, 3.8) is 0 Å². The number of ether oxygens (including phenoxy) is 1. The Bertz CT molecular complexity index is 1070. The standard InChI is InChI=1S/C26H33N5O3/c1-4-9-23-27-18(3)24-26(33)28-25(29-31(23)24)21-16-19(12-13-22(21)34-5-2)17-30(14-15-32)20-10-7-6-8-11-20/h6-8,10-13,16,18,24,32H,4-5,9,14-15,17H2,1-3H3,(H,28,29,33). The van der Waals surface area contributed by atoms with Crippen molar-refractivity contribution in [2.24, 2.45) is 10.1 Å². The fourth-order valence-electron chi connectivity index (χ4n) is 4.45. The fourth-order valence-corrected chi connectivity index (χ4v) is 4.45. The second kappa shape index (κ2) is 10.7. The van der Waals surface area contributed by atoms with Crippen molar-refractivity contribution in [2.45, 2.75) is 52.2 Å². The van der Waals surface area contributed by atoms with Crippen LogP contribution in [0.5, 0.6) is 5.75 Å². The Kier molecular flexibility index (Phi) is 7.47. The van der Waals surface area contributed by atoms with Gasteiger partial charge in [0.2, 0.25) is 0 Å². The molecule has 2 aromatic rings. The van der Waals surface area contributed by atoms with Crippen molar-refractivity contribution in [1.29, 1.82) is 0 Å². The van der Waals surface area contributed by atoms with Gasteiger partial charge in [-0.1, -0.05) is 31.2 Å². The number of para-hydroxylation sites is 1. The zero-order chi connectivity index (χ0) is 24.1. The fraction of sp³-hybridized carbons (Fsp3) is 0.423. The molecule has 2 unspecified atom stereocenters. The van der Waals surface area contributed by atoms with E-state index in [1.165, 1.54) is 0 Å². The molecule has 0 aromatic heterocycles. The highest BCUT2D eigenvalue weighted by Crippen LogP contribution is 2.28. The third kappa shape index (κ3) is 4.92. The second-order valence-corrected chi connectivity index (χ2v) is 8.51. The van der Waals surface area contributed by atoms with Gasteiger partial charge in [-0.2, -0.15) is 5.10 Å². The maximum Gasteiger partial charge on any atom is 0.252 e. The van der Waals surface area contributed by atoms with Crippen LogP contribution in [0.4, 0.5) is 5.69 Å². The Morgan fingerprint density at radius 3 is 2.68 bits per heavy atom. The first-order valence-electron chi connectivity index (χ1n) is 12.0. The van der Waals surface area contributed by atoms with Gasteiger partial charge in [-0.05, 0) is 50.1 Å². The van der Waals surface area contributed by atoms with Crippen LogP contribution >= 0.6 is 0 Å². The van der Waals surface area contributed by atoms with Gasteiger partial charge in [0, 0.05) is 25.2 Å². The van der Waals surface area contributed by atoms with Crippen molar-refractivity contribution in [2.75, 3.05) is 24.7 Å². The minimum atomic E-state index is -0.415. The van der Waals surface area contributed by atoms with Crippen LogP contribution in [0.2, 0.25) is 0 Å². The van der Waals surface area contributed by atoms with Gasteiger partial charge >= 0.3 is 0 Å². The lowest BCUT2D eigenvalue weighted by Crippen LogP contribution is -2.54. The van der Waals surface area contributed by atoms with E-state index in [-0.39, 0.29) is 18.6 Å². The number of nitrogens with zero attached hydrogens (tertiary/aromatic N) is 4. The molecule has 180 valence electrons. The van der Waals surface area contributed by atoms with Crippen molar-refractivity contribution in [3.8, 4) is 5.75 Å². The van der Waals surface area contributed by atoms with Crippen LogP contribution in [0, 0.1) is 0 Å². The first-order valence-corrected chi connectivity index (χ1v) is 12.0. The average molecular weight is 464 g/mol. The minimum Gasteiger partial charge on any atom is -0.493 e. The number of carbonyl (C=O) groups excluding carboxylic acids is 1. The Morgan fingerprint density at radius 1 is 1.18 bits per heavy atom. The third-order valence-electron chi connectivity index (χ3n) is 5.99. The number of hydrogen-bond acceptors (Lipinski definition) is 7. The summed E-state index contributed by atoms with van der Waals surface area (Å²) in [7, 11) is 0. The van der Waals surface area contributed by atoms with E-state index >= 15 is 0 Å². The molecule has 0 aliphatic carbocycles. The predicted molar refractivity (Wildman–Crippen MR) is 134 cm³/mol. The van der Waals surface area contributed by atoms with E-state index in [2.05, 4.69) is 22.1 Å². The van der Waals surface area contributed by atoms with Gasteiger partial charge in [0.15, 0.2) is 11.9 Å². The number of amidine groups is 2. The molecule has 34 heavy (non-hydrogen) atoms. The van der Waals surface area contributed by atoms with Crippen LogP contribution in [0.3, 0.4) is 0 Å². The molecule has 0 radical (unpaired) electrons. The number of hydrogen-bond donors (Lipinski definition) is 2. The quantitative estimate of drug-likeness (QED) is 0.565. The molecule has 0 bridgehead atoms. The maximum absolute atomic E-state index is 13.0. The molecule has 2 heterocycles. The van der Waals surface area contributed by atoms with Gasteiger partial charge in [0.05, 0.1) is 24.8 Å². The summed E-state index contributed by atoms with van der Waals surface area (Å²) in [5.74, 6) is 1.88. The summed E-state index contributed by atoms with van der Waals surface area (Å²) in [6, 6.07) is 15.4. The minimum absolute atomic E-state index is 0.0512. The zero-order valence-electron chi connectivity index (χ0n) is 20.1. The number of rotatable bonds is 10. The predicted octanol–water partition coefficient (Wildman–Crippen LogP) is 3.15. The molecular weight excluding hydrogens is 430 g/mol. The van der Waals surface area contributed by atoms with Crippen LogP contribution in [0.25, 0.3) is 0 Å². The molecule has 2 aliphatic heterocycles. The van der Waals surface area contributed by atoms with Crippen LogP contribution < -0.4 is 15.0 Å². The summed E-state index contributed by atoms with van der Waals surface area (Å²) < 4.78 is 5.89. The van der Waals surface area contributed by atoms with E-state index in [1.807, 2.05) is 62.4 Å². The number of nitrogens with one attached hydrogen (secondary N) is 1. The third-order valence-corrected chi connectivity index (χ3v) is 5.99. The Hall–Kier alpha value is -3.39. The molecule has 1 amide bonds. The molecule has 2 aromatic carbocycles. The molecule has 8 heteroatoms. The number of hydrazone groups is 1. The molecule has 0 spiro atoms. The number of benzene rings is 2. The highest BCUT2D eigenvalue weighted by molar-refractivity contribution is 6.13. The zero-order valence-corrected chi connectivity index (χ0v) is 20.1. The average Bonchev–Trinajstić information content (AvgIpc) is 3.16. The summed E-state index contributed by atoms with van der Waals surface area (Å²) >= 11 is 0. The summed E-state index contributed by atoms with van der Waals surface area (Å²) in [5.41, 5.74) is 2.79. The molecular formula is C26H33N5O3. The lowest BCUT2D eigenvalue weighted by Gasteiger charge is -2.30. The smallest absolute Gasteiger partial charge is 0.252 e.